The van der Waals surface area contributed by atoms with Gasteiger partial charge < -0.3 is 0 Å². The van der Waals surface area contributed by atoms with E-state index >= 15 is 0 Å². The molecule has 0 aliphatic heterocycles. The summed E-state index contributed by atoms with van der Waals surface area (Å²) in [5.74, 6) is 2.17. The van der Waals surface area contributed by atoms with Gasteiger partial charge in [-0.1, -0.05) is 162 Å². The largest absolute Gasteiger partial charge is 0.0645 e. The Morgan fingerprint density at radius 2 is 0.857 bits per heavy atom. The van der Waals surface area contributed by atoms with E-state index in [0.29, 0.717) is 34.8 Å². The van der Waals surface area contributed by atoms with Crippen LogP contribution in [0.2, 0.25) is 11.1 Å². The number of rotatable bonds is 8. The van der Waals surface area contributed by atoms with Gasteiger partial charge in [0.25, 0.3) is 0 Å². The minimum Gasteiger partial charge on any atom is -0.0645 e. The van der Waals surface area contributed by atoms with E-state index in [0.717, 1.165) is 0 Å². The van der Waals surface area contributed by atoms with Crippen LogP contribution in [0.25, 0.3) is 34.4 Å². The van der Waals surface area contributed by atoms with E-state index in [1.54, 1.807) is 22.3 Å². The molecular weight excluding hydrogens is 687 g/mol. The molecule has 4 aromatic rings. The molecule has 0 aromatic heterocycles. The molecule has 0 N–H and O–H groups in total. The van der Waals surface area contributed by atoms with E-state index in [1.807, 2.05) is 0 Å². The second-order valence-electron chi connectivity index (χ2n) is 13.1. The van der Waals surface area contributed by atoms with Gasteiger partial charge in [0.2, 0.25) is 0 Å². The van der Waals surface area contributed by atoms with E-state index < -0.39 is 9.52 Å². The van der Waals surface area contributed by atoms with Crippen LogP contribution < -0.4 is 0 Å². The summed E-state index contributed by atoms with van der Waals surface area (Å²) in [6.45, 7) is 14.7. The summed E-state index contributed by atoms with van der Waals surface area (Å²) < 4.78 is 0. The third kappa shape index (κ3) is 5.70. The van der Waals surface area contributed by atoms with Crippen molar-refractivity contribution in [3.05, 3.63) is 130 Å². The molecule has 42 heavy (non-hydrogen) atoms. The second-order valence-corrected chi connectivity index (χ2v) is 16.1. The van der Waals surface area contributed by atoms with Crippen molar-refractivity contribution >= 4 is 21.7 Å². The first kappa shape index (κ1) is 30.9. The topological polar surface area (TPSA) is 0 Å². The van der Waals surface area contributed by atoms with Crippen molar-refractivity contribution in [2.45, 2.75) is 64.5 Å². The number of benzene rings is 4. The van der Waals surface area contributed by atoms with Gasteiger partial charge in [-0.15, -0.1) is 0 Å². The molecule has 0 heterocycles. The van der Waals surface area contributed by atoms with Gasteiger partial charge in [0, 0.05) is 47.2 Å². The maximum Gasteiger partial charge on any atom is 0.0281 e. The quantitative estimate of drug-likeness (QED) is 0.158. The molecule has 0 spiro atoms. The summed E-state index contributed by atoms with van der Waals surface area (Å²) in [6, 6.07) is 36.0. The van der Waals surface area contributed by atoms with Gasteiger partial charge >= 0.3 is 0 Å². The van der Waals surface area contributed by atoms with E-state index in [4.69, 9.17) is 0 Å². The van der Waals surface area contributed by atoms with Gasteiger partial charge in [0.15, 0.2) is 0 Å². The summed E-state index contributed by atoms with van der Waals surface area (Å²) in [7, 11) is -0.437. The zero-order chi connectivity index (χ0) is 28.7. The van der Waals surface area contributed by atoms with E-state index in [-0.39, 0.29) is 25.8 Å². The van der Waals surface area contributed by atoms with Crippen molar-refractivity contribution in [3.63, 3.8) is 0 Å². The molecule has 0 saturated heterocycles. The average molecular weight is 731 g/mol. The van der Waals surface area contributed by atoms with E-state index in [1.165, 1.54) is 33.4 Å². The smallest absolute Gasteiger partial charge is 0.0281 e. The Morgan fingerprint density at radius 3 is 1.21 bits per heavy atom. The fraction of sp³-hybridized carbons (Fsp3) is 0.300. The molecule has 4 atom stereocenters. The van der Waals surface area contributed by atoms with E-state index in [9.17, 15) is 0 Å². The van der Waals surface area contributed by atoms with Crippen LogP contribution in [0.15, 0.2) is 108 Å². The minimum atomic E-state index is -0.437. The van der Waals surface area contributed by atoms with Crippen LogP contribution in [0, 0.1) is 11.8 Å². The number of hydrogen-bond donors (Lipinski definition) is 0. The molecule has 0 saturated carbocycles. The molecule has 4 aromatic carbocycles. The predicted octanol–water partition coefficient (Wildman–Crippen LogP) is 10.8. The van der Waals surface area contributed by atoms with Crippen molar-refractivity contribution in [1.29, 1.82) is 0 Å². The number of fused-ring (bicyclic) bond motifs is 2. The summed E-state index contributed by atoms with van der Waals surface area (Å²) >= 11 is 0. The van der Waals surface area contributed by atoms with Gasteiger partial charge in [-0.25, -0.2) is 0 Å². The zero-order valence-electron chi connectivity index (χ0n) is 26.1. The summed E-state index contributed by atoms with van der Waals surface area (Å²) in [6.07, 6.45) is 5.11. The van der Waals surface area contributed by atoms with Gasteiger partial charge in [0.05, 0.1) is 0 Å². The molecule has 0 radical (unpaired) electrons. The number of allylic oxidation sites excluding steroid dienone is 2. The molecule has 0 bridgehead atoms. The third-order valence-electron chi connectivity index (χ3n) is 9.67. The predicted molar refractivity (Wildman–Crippen MR) is 182 cm³/mol. The minimum absolute atomic E-state index is 0. The molecule has 2 aliphatic carbocycles. The molecule has 0 nitrogen and oxygen atoms in total. The van der Waals surface area contributed by atoms with Crippen LogP contribution in [0.1, 0.15) is 75.6 Å². The van der Waals surface area contributed by atoms with Crippen LogP contribution >= 0.6 is 0 Å². The van der Waals surface area contributed by atoms with Crippen LogP contribution in [-0.4, -0.2) is 9.52 Å². The first-order chi connectivity index (χ1) is 19.8. The molecule has 2 aliphatic rings. The maximum absolute atomic E-state index is 2.57. The Hall–Kier alpha value is -2.55. The summed E-state index contributed by atoms with van der Waals surface area (Å²) in [4.78, 5) is 0. The Kier molecular flexibility index (Phi) is 9.55. The van der Waals surface area contributed by atoms with Crippen LogP contribution in [0.3, 0.4) is 0 Å². The fourth-order valence-corrected chi connectivity index (χ4v) is 10.6. The fourth-order valence-electron chi connectivity index (χ4n) is 7.82. The van der Waals surface area contributed by atoms with Crippen molar-refractivity contribution in [1.82, 2.24) is 0 Å². The summed E-state index contributed by atoms with van der Waals surface area (Å²) in [5.41, 5.74) is 16.1. The Balaban J connectivity index is 0.00000353. The van der Waals surface area contributed by atoms with Gasteiger partial charge in [-0.2, -0.15) is 0 Å². The molecule has 6 rings (SSSR count). The van der Waals surface area contributed by atoms with E-state index in [2.05, 4.69) is 151 Å². The Bertz CT molecular complexity index is 1470. The number of hydrogen-bond acceptors (Lipinski definition) is 0. The standard InChI is InChI=1S/C40H44Si.Hf/c1-25(2)35-23-37-31(29-15-9-7-10-16-29)19-13-21-33(37)39(35)27(5)41-28(6)40-34-22-14-20-32(30-17-11-8-12-18-30)38(34)24-36(40)26(3)4;/h7-28,39-40H,41H2,1-6H3;. The van der Waals surface area contributed by atoms with Gasteiger partial charge in [0.1, 0.15) is 0 Å². The molecule has 0 amide bonds. The SMILES string of the molecule is CC(C)C1=Cc2c(-c3ccccc3)cccc2C1C(C)[SiH2]C(C)C1C(C(C)C)=Cc2c(-c3ccccc3)cccc21.[Hf]. The second kappa shape index (κ2) is 13.0. The zero-order valence-corrected chi connectivity index (χ0v) is 31.1. The maximum atomic E-state index is 2.57. The van der Waals surface area contributed by atoms with Crippen molar-refractivity contribution < 1.29 is 25.8 Å². The Labute approximate surface area is 275 Å². The average Bonchev–Trinajstić information content (AvgIpc) is 3.58. The molecule has 212 valence electrons. The molecule has 0 fully saturated rings. The Morgan fingerprint density at radius 1 is 0.476 bits per heavy atom. The van der Waals surface area contributed by atoms with Crippen molar-refractivity contribution in [2.24, 2.45) is 11.8 Å². The monoisotopic (exact) mass is 732 g/mol. The molecular formula is C40H44HfSi. The van der Waals surface area contributed by atoms with Gasteiger partial charge in [-0.3, -0.25) is 0 Å². The van der Waals surface area contributed by atoms with Crippen molar-refractivity contribution in [2.75, 3.05) is 0 Å². The van der Waals surface area contributed by atoms with Crippen LogP contribution in [0.5, 0.6) is 0 Å². The van der Waals surface area contributed by atoms with Crippen LogP contribution in [-0.2, 0) is 25.8 Å². The summed E-state index contributed by atoms with van der Waals surface area (Å²) in [5, 5.41) is 0. The third-order valence-corrected chi connectivity index (χ3v) is 12.1. The first-order valence-corrected chi connectivity index (χ1v) is 17.3. The normalized spacial score (nSPS) is 19.0. The molecule has 2 heteroatoms. The van der Waals surface area contributed by atoms with Crippen LogP contribution in [0.4, 0.5) is 0 Å². The van der Waals surface area contributed by atoms with Crippen molar-refractivity contribution in [3.8, 4) is 22.3 Å². The first-order valence-electron chi connectivity index (χ1n) is 15.6. The molecule has 4 unspecified atom stereocenters. The van der Waals surface area contributed by atoms with Gasteiger partial charge in [-0.05, 0) is 67.4 Å².